The topological polar surface area (TPSA) is 81.5 Å². The molecule has 1 fully saturated rings. The molecule has 114 valence electrons. The largest absolute Gasteiger partial charge is 0.468 e. The van der Waals surface area contributed by atoms with Crippen LogP contribution in [0, 0.1) is 0 Å². The molecule has 0 unspecified atom stereocenters. The summed E-state index contributed by atoms with van der Waals surface area (Å²) in [5, 5.41) is 0. The van der Waals surface area contributed by atoms with Gasteiger partial charge in [0.05, 0.1) is 12.8 Å². The molecule has 3 rings (SSSR count). The van der Waals surface area contributed by atoms with Crippen molar-refractivity contribution >= 4 is 10.0 Å². The van der Waals surface area contributed by atoms with Crippen LogP contribution in [0.4, 0.5) is 0 Å². The highest BCUT2D eigenvalue weighted by Gasteiger charge is 2.29. The third-order valence-corrected chi connectivity index (χ3v) is 5.49. The first-order valence-electron chi connectivity index (χ1n) is 6.92. The van der Waals surface area contributed by atoms with E-state index < -0.39 is 10.0 Å². The summed E-state index contributed by atoms with van der Waals surface area (Å²) in [5.41, 5.74) is 6.58. The molecule has 7 heteroatoms. The fraction of sp³-hybridized carbons (Fsp3) is 0.429. The van der Waals surface area contributed by atoms with Gasteiger partial charge in [0.15, 0.2) is 0 Å². The lowest BCUT2D eigenvalue weighted by Crippen LogP contribution is -2.26. The van der Waals surface area contributed by atoms with Crippen molar-refractivity contribution in [1.29, 1.82) is 0 Å². The van der Waals surface area contributed by atoms with Gasteiger partial charge in [-0.05, 0) is 31.0 Å². The minimum atomic E-state index is -3.54. The molecule has 2 N–H and O–H groups in total. The Bertz CT molecular complexity index is 715. The van der Waals surface area contributed by atoms with E-state index in [4.69, 9.17) is 10.2 Å². The van der Waals surface area contributed by atoms with Crippen LogP contribution in [-0.4, -0.2) is 24.3 Å². The van der Waals surface area contributed by atoms with E-state index >= 15 is 0 Å². The highest BCUT2D eigenvalue weighted by molar-refractivity contribution is 7.89. The lowest BCUT2D eigenvalue weighted by atomic mass is 10.4. The molecule has 6 nitrogen and oxygen atoms in total. The third kappa shape index (κ3) is 2.76. The summed E-state index contributed by atoms with van der Waals surface area (Å²) in [6, 6.07) is 5.58. The number of nitrogens with zero attached hydrogens (tertiary/aromatic N) is 2. The summed E-state index contributed by atoms with van der Waals surface area (Å²) < 4.78 is 33.7. The monoisotopic (exact) mass is 309 g/mol. The Hall–Kier alpha value is -1.57. The molecule has 0 radical (unpaired) electrons. The lowest BCUT2D eigenvalue weighted by Gasteiger charge is -2.14. The second-order valence-corrected chi connectivity index (χ2v) is 7.40. The van der Waals surface area contributed by atoms with Crippen LogP contribution in [0.5, 0.6) is 0 Å². The minimum absolute atomic E-state index is 0.210. The van der Waals surface area contributed by atoms with Crippen molar-refractivity contribution in [3.8, 4) is 0 Å². The summed E-state index contributed by atoms with van der Waals surface area (Å²) in [6.07, 6.45) is 5.41. The van der Waals surface area contributed by atoms with E-state index in [1.54, 1.807) is 31.4 Å². The van der Waals surface area contributed by atoms with Crippen molar-refractivity contribution in [3.63, 3.8) is 0 Å². The van der Waals surface area contributed by atoms with Crippen molar-refractivity contribution in [2.75, 3.05) is 7.05 Å². The van der Waals surface area contributed by atoms with E-state index in [0.717, 1.165) is 18.5 Å². The van der Waals surface area contributed by atoms with Crippen LogP contribution < -0.4 is 5.73 Å². The minimum Gasteiger partial charge on any atom is -0.468 e. The number of hydrogen-bond donors (Lipinski definition) is 1. The maximum atomic E-state index is 12.6. The molecule has 0 aromatic carbocycles. The van der Waals surface area contributed by atoms with Crippen molar-refractivity contribution in [2.24, 2.45) is 5.73 Å². The van der Waals surface area contributed by atoms with Crippen molar-refractivity contribution in [2.45, 2.75) is 36.9 Å². The van der Waals surface area contributed by atoms with Gasteiger partial charge in [-0.1, -0.05) is 0 Å². The van der Waals surface area contributed by atoms with Gasteiger partial charge in [-0.2, -0.15) is 4.31 Å². The summed E-state index contributed by atoms with van der Waals surface area (Å²) in [7, 11) is -1.99. The Morgan fingerprint density at radius 2 is 2.24 bits per heavy atom. The van der Waals surface area contributed by atoms with E-state index in [2.05, 4.69) is 0 Å². The molecular formula is C14H19N3O3S. The zero-order valence-electron chi connectivity index (χ0n) is 11.9. The molecule has 0 amide bonds. The van der Waals surface area contributed by atoms with Crippen molar-refractivity contribution in [1.82, 2.24) is 8.87 Å². The van der Waals surface area contributed by atoms with Gasteiger partial charge < -0.3 is 14.7 Å². The Labute approximate surface area is 124 Å². The molecule has 2 aromatic rings. The average molecular weight is 309 g/mol. The normalized spacial score (nSPS) is 15.8. The van der Waals surface area contributed by atoms with Crippen LogP contribution in [0.15, 0.2) is 40.0 Å². The second-order valence-electron chi connectivity index (χ2n) is 5.35. The van der Waals surface area contributed by atoms with Gasteiger partial charge in [0, 0.05) is 31.5 Å². The quantitative estimate of drug-likeness (QED) is 0.880. The molecule has 0 spiro atoms. The first-order chi connectivity index (χ1) is 10.0. The number of rotatable bonds is 6. The van der Waals surface area contributed by atoms with Gasteiger partial charge in [0.2, 0.25) is 10.0 Å². The zero-order valence-corrected chi connectivity index (χ0v) is 12.7. The molecule has 21 heavy (non-hydrogen) atoms. The average Bonchev–Trinajstić information content (AvgIpc) is 3.00. The molecule has 1 saturated carbocycles. The van der Waals surface area contributed by atoms with Crippen LogP contribution in [0.3, 0.4) is 0 Å². The summed E-state index contributed by atoms with van der Waals surface area (Å²) in [5.74, 6) is 0.613. The number of furan rings is 1. The summed E-state index contributed by atoms with van der Waals surface area (Å²) >= 11 is 0. The SMILES string of the molecule is CN(Cc1ccco1)S(=O)(=O)c1cc(CN)n(C2CC2)c1. The van der Waals surface area contributed by atoms with Crippen LogP contribution in [0.25, 0.3) is 0 Å². The first-order valence-corrected chi connectivity index (χ1v) is 8.36. The highest BCUT2D eigenvalue weighted by atomic mass is 32.2. The van der Waals surface area contributed by atoms with Crippen LogP contribution in [0.1, 0.15) is 30.3 Å². The van der Waals surface area contributed by atoms with Gasteiger partial charge in [-0.3, -0.25) is 0 Å². The van der Waals surface area contributed by atoms with Crippen molar-refractivity contribution in [3.05, 3.63) is 42.1 Å². The van der Waals surface area contributed by atoms with Gasteiger partial charge in [0.25, 0.3) is 0 Å². The maximum Gasteiger partial charge on any atom is 0.244 e. The Morgan fingerprint density at radius 1 is 1.48 bits per heavy atom. The molecule has 1 aliphatic carbocycles. The molecular weight excluding hydrogens is 290 g/mol. The molecule has 0 saturated heterocycles. The van der Waals surface area contributed by atoms with E-state index in [9.17, 15) is 8.42 Å². The highest BCUT2D eigenvalue weighted by Crippen LogP contribution is 2.37. The van der Waals surface area contributed by atoms with Crippen LogP contribution >= 0.6 is 0 Å². The molecule has 0 bridgehead atoms. The number of aromatic nitrogens is 1. The van der Waals surface area contributed by atoms with E-state index in [0.29, 0.717) is 23.2 Å². The van der Waals surface area contributed by atoms with Crippen LogP contribution in [-0.2, 0) is 23.1 Å². The Kier molecular flexibility index (Phi) is 3.64. The smallest absolute Gasteiger partial charge is 0.244 e. The molecule has 0 atom stereocenters. The maximum absolute atomic E-state index is 12.6. The van der Waals surface area contributed by atoms with E-state index in [-0.39, 0.29) is 6.54 Å². The number of hydrogen-bond acceptors (Lipinski definition) is 4. The summed E-state index contributed by atoms with van der Waals surface area (Å²) in [6.45, 7) is 0.551. The Morgan fingerprint density at radius 3 is 2.81 bits per heavy atom. The Balaban J connectivity index is 1.87. The molecule has 2 heterocycles. The third-order valence-electron chi connectivity index (χ3n) is 3.72. The zero-order chi connectivity index (χ0) is 15.0. The summed E-state index contributed by atoms with van der Waals surface area (Å²) in [4.78, 5) is 0.295. The first kappa shape index (κ1) is 14.4. The van der Waals surface area contributed by atoms with Gasteiger partial charge in [-0.15, -0.1) is 0 Å². The number of sulfonamides is 1. The van der Waals surface area contributed by atoms with Gasteiger partial charge in [-0.25, -0.2) is 8.42 Å². The lowest BCUT2D eigenvalue weighted by molar-refractivity contribution is 0.406. The molecule has 2 aromatic heterocycles. The molecule has 0 aliphatic heterocycles. The van der Waals surface area contributed by atoms with E-state index in [1.807, 2.05) is 4.57 Å². The van der Waals surface area contributed by atoms with Crippen molar-refractivity contribution < 1.29 is 12.8 Å². The predicted molar refractivity (Wildman–Crippen MR) is 78.0 cm³/mol. The molecule has 1 aliphatic rings. The van der Waals surface area contributed by atoms with E-state index in [1.165, 1.54) is 10.6 Å². The van der Waals surface area contributed by atoms with Gasteiger partial charge in [0.1, 0.15) is 10.7 Å². The standard InChI is InChI=1S/C14H19N3O3S/c1-16(9-13-3-2-6-20-13)21(18,19)14-7-12(8-15)17(10-14)11-4-5-11/h2-3,6-7,10-11H,4-5,8-9,15H2,1H3. The predicted octanol–water partition coefficient (Wildman–Crippen LogP) is 1.70. The fourth-order valence-corrected chi connectivity index (χ4v) is 3.57. The van der Waals surface area contributed by atoms with Crippen LogP contribution in [0.2, 0.25) is 0 Å². The number of nitrogens with two attached hydrogens (primary N) is 1. The fourth-order valence-electron chi connectivity index (χ4n) is 2.38. The van der Waals surface area contributed by atoms with Gasteiger partial charge >= 0.3 is 0 Å². The second kappa shape index (κ2) is 5.32.